The molecule has 0 saturated carbocycles. The fourth-order valence-electron chi connectivity index (χ4n) is 2.89. The summed E-state index contributed by atoms with van der Waals surface area (Å²) < 4.78 is 19.7. The van der Waals surface area contributed by atoms with Crippen LogP contribution in [0.3, 0.4) is 0 Å². The highest BCUT2D eigenvalue weighted by Crippen LogP contribution is 2.27. The molecule has 0 aliphatic carbocycles. The molecule has 1 heterocycles. The van der Waals surface area contributed by atoms with E-state index in [1.165, 1.54) is 18.9 Å². The van der Waals surface area contributed by atoms with Crippen LogP contribution in [0.15, 0.2) is 18.2 Å². The first-order valence-electron chi connectivity index (χ1n) is 8.00. The number of halogens is 2. The molecule has 1 aliphatic rings. The lowest BCUT2D eigenvalue weighted by atomic mass is 9.98. The van der Waals surface area contributed by atoms with Crippen LogP contribution in [-0.2, 0) is 4.74 Å². The molecule has 0 aromatic heterocycles. The normalized spacial score (nSPS) is 19.9. The fraction of sp³-hybridized carbons (Fsp3) is 0.647. The first-order valence-corrected chi connectivity index (χ1v) is 8.38. The number of nitrogens with one attached hydrogen (secondary N) is 1. The van der Waals surface area contributed by atoms with E-state index in [0.717, 1.165) is 38.8 Å². The molecule has 118 valence electrons. The van der Waals surface area contributed by atoms with Crippen molar-refractivity contribution in [2.75, 3.05) is 13.2 Å². The molecule has 1 aromatic rings. The van der Waals surface area contributed by atoms with Gasteiger partial charge in [0.2, 0.25) is 0 Å². The van der Waals surface area contributed by atoms with Gasteiger partial charge < -0.3 is 10.1 Å². The van der Waals surface area contributed by atoms with E-state index in [0.29, 0.717) is 16.7 Å². The van der Waals surface area contributed by atoms with Gasteiger partial charge in [-0.25, -0.2) is 4.39 Å². The van der Waals surface area contributed by atoms with E-state index in [-0.39, 0.29) is 11.9 Å². The zero-order valence-corrected chi connectivity index (χ0v) is 13.5. The molecule has 0 radical (unpaired) electrons. The molecule has 1 saturated heterocycles. The van der Waals surface area contributed by atoms with Crippen molar-refractivity contribution < 1.29 is 9.13 Å². The Kier molecular flexibility index (Phi) is 6.94. The third kappa shape index (κ3) is 5.24. The van der Waals surface area contributed by atoms with Crippen LogP contribution in [0, 0.1) is 5.82 Å². The average molecular weight is 314 g/mol. The Balaban J connectivity index is 1.94. The summed E-state index contributed by atoms with van der Waals surface area (Å²) in [4.78, 5) is 0. The zero-order chi connectivity index (χ0) is 15.1. The average Bonchev–Trinajstić information content (AvgIpc) is 2.99. The van der Waals surface area contributed by atoms with Crippen LogP contribution in [0.4, 0.5) is 4.39 Å². The van der Waals surface area contributed by atoms with Crippen molar-refractivity contribution in [3.8, 4) is 0 Å². The number of hydrogen-bond donors (Lipinski definition) is 1. The Morgan fingerprint density at radius 1 is 1.48 bits per heavy atom. The van der Waals surface area contributed by atoms with E-state index < -0.39 is 0 Å². The van der Waals surface area contributed by atoms with E-state index >= 15 is 0 Å². The summed E-state index contributed by atoms with van der Waals surface area (Å²) in [6.07, 6.45) is 6.79. The highest BCUT2D eigenvalue weighted by Gasteiger charge is 2.18. The molecule has 0 bridgehead atoms. The van der Waals surface area contributed by atoms with Gasteiger partial charge in [-0.15, -0.1) is 0 Å². The van der Waals surface area contributed by atoms with Gasteiger partial charge in [0.15, 0.2) is 0 Å². The van der Waals surface area contributed by atoms with E-state index in [9.17, 15) is 4.39 Å². The molecule has 0 spiro atoms. The lowest BCUT2D eigenvalue weighted by Gasteiger charge is -2.20. The lowest BCUT2D eigenvalue weighted by Crippen LogP contribution is -2.23. The van der Waals surface area contributed by atoms with Gasteiger partial charge in [0.05, 0.1) is 6.10 Å². The minimum absolute atomic E-state index is 0.0325. The summed E-state index contributed by atoms with van der Waals surface area (Å²) >= 11 is 6.02. The van der Waals surface area contributed by atoms with Crippen LogP contribution >= 0.6 is 11.6 Å². The fourth-order valence-corrected chi connectivity index (χ4v) is 3.07. The minimum Gasteiger partial charge on any atom is -0.378 e. The number of hydrogen-bond acceptors (Lipinski definition) is 2. The van der Waals surface area contributed by atoms with Crippen LogP contribution in [0.1, 0.15) is 57.1 Å². The summed E-state index contributed by atoms with van der Waals surface area (Å²) in [7, 11) is 0. The molecule has 21 heavy (non-hydrogen) atoms. The van der Waals surface area contributed by atoms with Gasteiger partial charge in [-0.1, -0.05) is 18.5 Å². The van der Waals surface area contributed by atoms with E-state index in [1.54, 1.807) is 12.1 Å². The Morgan fingerprint density at radius 3 is 3.05 bits per heavy atom. The maximum absolute atomic E-state index is 14.1. The molecular formula is C17H25ClFNO. The number of benzene rings is 1. The van der Waals surface area contributed by atoms with Gasteiger partial charge in [-0.05, 0) is 63.3 Å². The van der Waals surface area contributed by atoms with Crippen LogP contribution in [0.2, 0.25) is 5.02 Å². The summed E-state index contributed by atoms with van der Waals surface area (Å²) in [6.45, 7) is 3.90. The van der Waals surface area contributed by atoms with Crippen molar-refractivity contribution in [2.45, 2.75) is 57.6 Å². The Labute approximate surface area is 132 Å². The summed E-state index contributed by atoms with van der Waals surface area (Å²) in [5, 5.41) is 4.03. The maximum Gasteiger partial charge on any atom is 0.128 e. The van der Waals surface area contributed by atoms with Gasteiger partial charge in [0.25, 0.3) is 0 Å². The van der Waals surface area contributed by atoms with Gasteiger partial charge in [0.1, 0.15) is 5.82 Å². The molecule has 2 atom stereocenters. The van der Waals surface area contributed by atoms with Crippen LogP contribution < -0.4 is 5.32 Å². The molecule has 1 N–H and O–H groups in total. The monoisotopic (exact) mass is 313 g/mol. The summed E-state index contributed by atoms with van der Waals surface area (Å²) in [6, 6.07) is 4.84. The highest BCUT2D eigenvalue weighted by molar-refractivity contribution is 6.30. The molecule has 1 aliphatic heterocycles. The minimum atomic E-state index is -0.176. The third-order valence-corrected chi connectivity index (χ3v) is 4.25. The smallest absolute Gasteiger partial charge is 0.128 e. The summed E-state index contributed by atoms with van der Waals surface area (Å²) in [5.41, 5.74) is 0.684. The van der Waals surface area contributed by atoms with Crippen molar-refractivity contribution in [1.82, 2.24) is 5.32 Å². The van der Waals surface area contributed by atoms with Gasteiger partial charge in [-0.3, -0.25) is 0 Å². The topological polar surface area (TPSA) is 21.3 Å². The van der Waals surface area contributed by atoms with Gasteiger partial charge >= 0.3 is 0 Å². The molecule has 1 aromatic carbocycles. The van der Waals surface area contributed by atoms with Gasteiger partial charge in [0, 0.05) is 23.2 Å². The molecule has 1 fully saturated rings. The van der Waals surface area contributed by atoms with Crippen LogP contribution in [0.5, 0.6) is 0 Å². The van der Waals surface area contributed by atoms with Crippen LogP contribution in [0.25, 0.3) is 0 Å². The van der Waals surface area contributed by atoms with E-state index in [4.69, 9.17) is 16.3 Å². The quantitative estimate of drug-likeness (QED) is 0.739. The Bertz CT molecular complexity index is 435. The molecule has 2 nitrogen and oxygen atoms in total. The Morgan fingerprint density at radius 2 is 2.33 bits per heavy atom. The first-order chi connectivity index (χ1) is 10.2. The van der Waals surface area contributed by atoms with Crippen molar-refractivity contribution in [3.05, 3.63) is 34.6 Å². The second-order valence-electron chi connectivity index (χ2n) is 5.74. The standard InChI is InChI=1S/C17H25ClFNO/c1-2-10-20-17(7-3-5-14-6-4-11-21-14)15-12-13(18)8-9-16(15)19/h8-9,12,14,17,20H,2-7,10-11H2,1H3. The molecule has 2 unspecified atom stereocenters. The largest absolute Gasteiger partial charge is 0.378 e. The zero-order valence-electron chi connectivity index (χ0n) is 12.7. The molecule has 2 rings (SSSR count). The predicted molar refractivity (Wildman–Crippen MR) is 85.3 cm³/mol. The SMILES string of the molecule is CCCNC(CCCC1CCCO1)c1cc(Cl)ccc1F. The van der Waals surface area contributed by atoms with Crippen molar-refractivity contribution in [3.63, 3.8) is 0 Å². The molecule has 4 heteroatoms. The van der Waals surface area contributed by atoms with Crippen molar-refractivity contribution in [1.29, 1.82) is 0 Å². The molecule has 0 amide bonds. The number of rotatable bonds is 8. The van der Waals surface area contributed by atoms with Crippen LogP contribution in [-0.4, -0.2) is 19.3 Å². The third-order valence-electron chi connectivity index (χ3n) is 4.02. The predicted octanol–water partition coefficient (Wildman–Crippen LogP) is 4.87. The maximum atomic E-state index is 14.1. The van der Waals surface area contributed by atoms with E-state index in [1.807, 2.05) is 0 Å². The number of ether oxygens (including phenoxy) is 1. The second-order valence-corrected chi connectivity index (χ2v) is 6.17. The lowest BCUT2D eigenvalue weighted by molar-refractivity contribution is 0.101. The van der Waals surface area contributed by atoms with Crippen molar-refractivity contribution in [2.24, 2.45) is 0 Å². The van der Waals surface area contributed by atoms with Crippen molar-refractivity contribution >= 4 is 11.6 Å². The van der Waals surface area contributed by atoms with E-state index in [2.05, 4.69) is 12.2 Å². The Hall–Kier alpha value is -0.640. The first kappa shape index (κ1) is 16.7. The summed E-state index contributed by atoms with van der Waals surface area (Å²) in [5.74, 6) is -0.176. The highest BCUT2D eigenvalue weighted by atomic mass is 35.5. The second kappa shape index (κ2) is 8.72. The molecular weight excluding hydrogens is 289 g/mol. The van der Waals surface area contributed by atoms with Gasteiger partial charge in [-0.2, -0.15) is 0 Å².